The minimum Gasteiger partial charge on any atom is -0.497 e. The first-order valence-corrected chi connectivity index (χ1v) is 7.07. The average molecular weight is 292 g/mol. The number of benzene rings is 1. The molecular formula is C16H18F2N2O. The molecule has 2 heterocycles. The number of fused-ring (bicyclic) bond motifs is 1. The quantitative estimate of drug-likeness (QED) is 0.863. The first-order valence-electron chi connectivity index (χ1n) is 7.07. The molecule has 1 aromatic heterocycles. The maximum absolute atomic E-state index is 12.8. The van der Waals surface area contributed by atoms with Gasteiger partial charge >= 0.3 is 0 Å². The maximum atomic E-state index is 12.8. The van der Waals surface area contributed by atoms with Gasteiger partial charge in [-0.05, 0) is 37.1 Å². The topological polar surface area (TPSA) is 25.4 Å². The van der Waals surface area contributed by atoms with Crippen LogP contribution in [-0.4, -0.2) is 31.6 Å². The van der Waals surface area contributed by atoms with Crippen LogP contribution >= 0.6 is 0 Å². The van der Waals surface area contributed by atoms with Crippen LogP contribution < -0.4 is 9.64 Å². The molecule has 0 amide bonds. The molecule has 3 rings (SSSR count). The summed E-state index contributed by atoms with van der Waals surface area (Å²) in [6, 6.07) is 7.74. The van der Waals surface area contributed by atoms with E-state index in [2.05, 4.69) is 4.98 Å². The third kappa shape index (κ3) is 2.64. The Morgan fingerprint density at radius 1 is 1.33 bits per heavy atom. The van der Waals surface area contributed by atoms with E-state index in [9.17, 15) is 8.78 Å². The molecule has 0 bridgehead atoms. The summed E-state index contributed by atoms with van der Waals surface area (Å²) in [5.74, 6) is 0.975. The Morgan fingerprint density at radius 2 is 2.14 bits per heavy atom. The number of rotatable bonds is 3. The fraction of sp³-hybridized carbons (Fsp3) is 0.438. The predicted molar refractivity (Wildman–Crippen MR) is 79.4 cm³/mol. The van der Waals surface area contributed by atoms with Crippen LogP contribution in [0.3, 0.4) is 0 Å². The second kappa shape index (κ2) is 5.47. The Morgan fingerprint density at radius 3 is 2.81 bits per heavy atom. The summed E-state index contributed by atoms with van der Waals surface area (Å²) in [7, 11) is 1.62. The van der Waals surface area contributed by atoms with Crippen molar-refractivity contribution >= 4 is 16.7 Å². The van der Waals surface area contributed by atoms with Gasteiger partial charge in [0.1, 0.15) is 11.6 Å². The maximum Gasteiger partial charge on any atom is 0.243 e. The molecule has 1 aromatic carbocycles. The zero-order valence-electron chi connectivity index (χ0n) is 12.1. The number of anilines is 1. The van der Waals surface area contributed by atoms with Crippen molar-refractivity contribution in [1.82, 2.24) is 4.98 Å². The first-order chi connectivity index (χ1) is 10.1. The van der Waals surface area contributed by atoms with Gasteiger partial charge in [0.15, 0.2) is 0 Å². The van der Waals surface area contributed by atoms with E-state index in [-0.39, 0.29) is 0 Å². The number of aryl methyl sites for hydroxylation is 1. The van der Waals surface area contributed by atoms with Crippen LogP contribution in [0.15, 0.2) is 24.3 Å². The van der Waals surface area contributed by atoms with Crippen LogP contribution in [0.2, 0.25) is 0 Å². The normalized spacial score (nSPS) is 18.7. The SMILES string of the molecule is COc1ccc2c(C)cc(N3CCC(C(F)F)C3)nc2c1. The smallest absolute Gasteiger partial charge is 0.243 e. The Kier molecular flexibility index (Phi) is 3.66. The van der Waals surface area contributed by atoms with E-state index in [4.69, 9.17) is 4.74 Å². The summed E-state index contributed by atoms with van der Waals surface area (Å²) in [6.07, 6.45) is -1.73. The molecule has 2 aromatic rings. The van der Waals surface area contributed by atoms with Crippen molar-refractivity contribution in [2.45, 2.75) is 19.8 Å². The van der Waals surface area contributed by atoms with Crippen molar-refractivity contribution in [2.75, 3.05) is 25.1 Å². The van der Waals surface area contributed by atoms with Gasteiger partial charge in [-0.25, -0.2) is 13.8 Å². The predicted octanol–water partition coefficient (Wildman–Crippen LogP) is 3.64. The summed E-state index contributed by atoms with van der Waals surface area (Å²) in [5, 5.41) is 1.06. The van der Waals surface area contributed by atoms with Crippen LogP contribution in [0.5, 0.6) is 5.75 Å². The fourth-order valence-corrected chi connectivity index (χ4v) is 2.85. The van der Waals surface area contributed by atoms with Gasteiger partial charge in [0, 0.05) is 30.5 Å². The van der Waals surface area contributed by atoms with Gasteiger partial charge in [-0.1, -0.05) is 0 Å². The van der Waals surface area contributed by atoms with Gasteiger partial charge < -0.3 is 9.64 Å². The standard InChI is InChI=1S/C16H18F2N2O/c1-10-7-15(20-6-5-11(9-20)16(17)18)19-14-8-12(21-2)3-4-13(10)14/h3-4,7-8,11,16H,5-6,9H2,1-2H3. The summed E-state index contributed by atoms with van der Waals surface area (Å²) in [6.45, 7) is 3.02. The molecule has 0 N–H and O–H groups in total. The highest BCUT2D eigenvalue weighted by Gasteiger charge is 2.30. The fourth-order valence-electron chi connectivity index (χ4n) is 2.85. The summed E-state index contributed by atoms with van der Waals surface area (Å²) < 4.78 is 30.8. The van der Waals surface area contributed by atoms with Gasteiger partial charge in [-0.3, -0.25) is 0 Å². The molecule has 1 saturated heterocycles. The molecule has 0 aliphatic carbocycles. The number of alkyl halides is 2. The largest absolute Gasteiger partial charge is 0.497 e. The molecule has 3 nitrogen and oxygen atoms in total. The highest BCUT2D eigenvalue weighted by molar-refractivity contribution is 5.85. The zero-order valence-corrected chi connectivity index (χ0v) is 12.1. The summed E-state index contributed by atoms with van der Waals surface area (Å²) in [4.78, 5) is 6.57. The molecule has 112 valence electrons. The van der Waals surface area contributed by atoms with Crippen LogP contribution in [0, 0.1) is 12.8 Å². The molecule has 0 spiro atoms. The van der Waals surface area contributed by atoms with Crippen LogP contribution in [-0.2, 0) is 0 Å². The number of hydrogen-bond acceptors (Lipinski definition) is 3. The van der Waals surface area contributed by atoms with Gasteiger partial charge in [0.25, 0.3) is 0 Å². The molecule has 21 heavy (non-hydrogen) atoms. The molecule has 1 atom stereocenters. The second-order valence-electron chi connectivity index (χ2n) is 5.51. The van der Waals surface area contributed by atoms with Gasteiger partial charge in [-0.15, -0.1) is 0 Å². The second-order valence-corrected chi connectivity index (χ2v) is 5.51. The zero-order chi connectivity index (χ0) is 15.0. The molecular weight excluding hydrogens is 274 g/mol. The first kappa shape index (κ1) is 14.0. The average Bonchev–Trinajstić information content (AvgIpc) is 2.96. The number of halogens is 2. The van der Waals surface area contributed by atoms with Crippen molar-refractivity contribution in [1.29, 1.82) is 0 Å². The lowest BCUT2D eigenvalue weighted by Gasteiger charge is -2.19. The van der Waals surface area contributed by atoms with Crippen molar-refractivity contribution in [2.24, 2.45) is 5.92 Å². The third-order valence-electron chi connectivity index (χ3n) is 4.12. The number of ether oxygens (including phenoxy) is 1. The van der Waals surface area contributed by atoms with Gasteiger partial charge in [-0.2, -0.15) is 0 Å². The molecule has 0 saturated carbocycles. The van der Waals surface area contributed by atoms with E-state index in [1.165, 1.54) is 0 Å². The van der Waals surface area contributed by atoms with E-state index in [1.807, 2.05) is 36.1 Å². The summed E-state index contributed by atoms with van der Waals surface area (Å²) >= 11 is 0. The highest BCUT2D eigenvalue weighted by atomic mass is 19.3. The molecule has 5 heteroatoms. The molecule has 1 aliphatic rings. The van der Waals surface area contributed by atoms with Crippen molar-refractivity contribution in [3.63, 3.8) is 0 Å². The lowest BCUT2D eigenvalue weighted by molar-refractivity contribution is 0.0880. The highest BCUT2D eigenvalue weighted by Crippen LogP contribution is 2.30. The minimum absolute atomic E-state index is 0.375. The van der Waals surface area contributed by atoms with E-state index < -0.39 is 12.3 Å². The number of pyridine rings is 1. The Bertz CT molecular complexity index is 660. The Hall–Kier alpha value is -1.91. The monoisotopic (exact) mass is 292 g/mol. The Labute approximate surface area is 122 Å². The van der Waals surface area contributed by atoms with E-state index >= 15 is 0 Å². The summed E-state index contributed by atoms with van der Waals surface area (Å²) in [5.41, 5.74) is 1.93. The van der Waals surface area contributed by atoms with E-state index in [1.54, 1.807) is 7.11 Å². The molecule has 1 aliphatic heterocycles. The number of aromatic nitrogens is 1. The minimum atomic E-state index is -2.25. The lowest BCUT2D eigenvalue weighted by Crippen LogP contribution is -2.23. The van der Waals surface area contributed by atoms with Crippen LogP contribution in [0.1, 0.15) is 12.0 Å². The van der Waals surface area contributed by atoms with E-state index in [0.29, 0.717) is 19.5 Å². The van der Waals surface area contributed by atoms with Gasteiger partial charge in [0.05, 0.1) is 12.6 Å². The number of hydrogen-bond donors (Lipinski definition) is 0. The molecule has 0 radical (unpaired) electrons. The van der Waals surface area contributed by atoms with Crippen molar-refractivity contribution in [3.05, 3.63) is 29.8 Å². The van der Waals surface area contributed by atoms with Gasteiger partial charge in [0.2, 0.25) is 6.43 Å². The lowest BCUT2D eigenvalue weighted by atomic mass is 10.1. The third-order valence-corrected chi connectivity index (χ3v) is 4.12. The number of nitrogens with zero attached hydrogens (tertiary/aromatic N) is 2. The van der Waals surface area contributed by atoms with E-state index in [0.717, 1.165) is 28.0 Å². The molecule has 1 fully saturated rings. The molecule has 1 unspecified atom stereocenters. The van der Waals surface area contributed by atoms with Crippen molar-refractivity contribution in [3.8, 4) is 5.75 Å². The number of methoxy groups -OCH3 is 1. The van der Waals surface area contributed by atoms with Crippen LogP contribution in [0.25, 0.3) is 10.9 Å². The van der Waals surface area contributed by atoms with Crippen LogP contribution in [0.4, 0.5) is 14.6 Å². The van der Waals surface area contributed by atoms with Crippen molar-refractivity contribution < 1.29 is 13.5 Å². The Balaban J connectivity index is 1.96.